The van der Waals surface area contributed by atoms with E-state index in [1.165, 1.54) is 0 Å². The first-order valence-electron chi connectivity index (χ1n) is 3.07. The minimum absolute atomic E-state index is 0.837. The topological polar surface area (TPSA) is 36.2 Å². The Kier molecular flexibility index (Phi) is 6.36. The molecule has 0 fully saturated rings. The molecule has 0 heterocycles. The minimum Gasteiger partial charge on any atom is -0.290 e. The molecule has 0 aromatic carbocycles. The lowest BCUT2D eigenvalue weighted by molar-refractivity contribution is 1.21. The second kappa shape index (κ2) is 7.08. The second-order valence-electron chi connectivity index (χ2n) is 1.58. The van der Waals surface area contributed by atoms with E-state index in [0.29, 0.717) is 0 Å². The van der Waals surface area contributed by atoms with Gasteiger partial charge in [-0.3, -0.25) is 5.41 Å². The third-order valence-electron chi connectivity index (χ3n) is 0.824. The smallest absolute Gasteiger partial charge is 0.106 e. The van der Waals surface area contributed by atoms with Crippen LogP contribution in [0.5, 0.6) is 0 Å². The van der Waals surface area contributed by atoms with E-state index < -0.39 is 0 Å². The standard InChI is InChI=1S/C7H12N2/c1-2-3-4-5-6-9-7-8/h3-4,6-8H,2,5H2,1H3/b4-3-,8-7?,9-6?. The van der Waals surface area contributed by atoms with Crippen molar-refractivity contribution in [1.82, 2.24) is 0 Å². The largest absolute Gasteiger partial charge is 0.290 e. The van der Waals surface area contributed by atoms with Crippen LogP contribution in [0.15, 0.2) is 17.1 Å². The summed E-state index contributed by atoms with van der Waals surface area (Å²) in [6.45, 7) is 2.09. The third kappa shape index (κ3) is 7.08. The van der Waals surface area contributed by atoms with E-state index in [0.717, 1.165) is 19.2 Å². The zero-order valence-corrected chi connectivity index (χ0v) is 5.67. The second-order valence-corrected chi connectivity index (χ2v) is 1.58. The van der Waals surface area contributed by atoms with Crippen molar-refractivity contribution in [3.8, 4) is 0 Å². The predicted molar refractivity (Wildman–Crippen MR) is 41.3 cm³/mol. The normalized spacial score (nSPS) is 11.2. The monoisotopic (exact) mass is 124 g/mol. The van der Waals surface area contributed by atoms with Gasteiger partial charge in [-0.25, -0.2) is 4.99 Å². The van der Waals surface area contributed by atoms with Crippen molar-refractivity contribution in [2.45, 2.75) is 19.8 Å². The SMILES string of the molecule is CC/C=C\CC=NC=N. The lowest BCUT2D eigenvalue weighted by Crippen LogP contribution is -1.69. The van der Waals surface area contributed by atoms with E-state index in [9.17, 15) is 0 Å². The average molecular weight is 124 g/mol. The summed E-state index contributed by atoms with van der Waals surface area (Å²) < 4.78 is 0. The molecule has 0 saturated carbocycles. The van der Waals surface area contributed by atoms with Crippen LogP contribution in [0.1, 0.15) is 19.8 Å². The summed E-state index contributed by atoms with van der Waals surface area (Å²) in [5.41, 5.74) is 0. The van der Waals surface area contributed by atoms with Gasteiger partial charge in [-0.05, 0) is 6.42 Å². The molecule has 0 aliphatic heterocycles. The Morgan fingerprint density at radius 2 is 2.22 bits per heavy atom. The third-order valence-corrected chi connectivity index (χ3v) is 0.824. The quantitative estimate of drug-likeness (QED) is 0.338. The number of aliphatic imine (C=N–C) groups is 1. The van der Waals surface area contributed by atoms with Crippen molar-refractivity contribution in [2.24, 2.45) is 4.99 Å². The molecule has 0 aliphatic rings. The lowest BCUT2D eigenvalue weighted by atomic mass is 10.3. The van der Waals surface area contributed by atoms with Crippen LogP contribution in [0, 0.1) is 5.41 Å². The highest BCUT2D eigenvalue weighted by Gasteiger charge is 1.67. The Hall–Kier alpha value is -0.920. The van der Waals surface area contributed by atoms with Crippen LogP contribution in [0.4, 0.5) is 0 Å². The maximum atomic E-state index is 6.54. The van der Waals surface area contributed by atoms with Crippen molar-refractivity contribution in [3.63, 3.8) is 0 Å². The van der Waals surface area contributed by atoms with Crippen LogP contribution in [0.3, 0.4) is 0 Å². The maximum Gasteiger partial charge on any atom is 0.106 e. The molecule has 0 rings (SSSR count). The zero-order valence-electron chi connectivity index (χ0n) is 5.67. The molecule has 0 unspecified atom stereocenters. The first-order valence-corrected chi connectivity index (χ1v) is 3.07. The summed E-state index contributed by atoms with van der Waals surface area (Å²) in [4.78, 5) is 3.61. The highest BCUT2D eigenvalue weighted by molar-refractivity contribution is 5.71. The molecule has 1 N–H and O–H groups in total. The maximum absolute atomic E-state index is 6.54. The average Bonchev–Trinajstić information content (AvgIpc) is 1.89. The molecule has 0 spiro atoms. The summed E-state index contributed by atoms with van der Waals surface area (Å²) in [5.74, 6) is 0. The highest BCUT2D eigenvalue weighted by atomic mass is 14.7. The number of nitrogens with one attached hydrogen (secondary N) is 1. The fourth-order valence-corrected chi connectivity index (χ4v) is 0.437. The molecule has 2 heteroatoms. The summed E-state index contributed by atoms with van der Waals surface area (Å²) in [6, 6.07) is 0. The molecule has 0 aliphatic carbocycles. The number of hydrogen-bond donors (Lipinski definition) is 1. The fourth-order valence-electron chi connectivity index (χ4n) is 0.437. The molecule has 0 atom stereocenters. The number of nitrogens with zero attached hydrogens (tertiary/aromatic N) is 1. The molecular formula is C7H12N2. The molecule has 50 valence electrons. The Balaban J connectivity index is 3.17. The molecule has 2 nitrogen and oxygen atoms in total. The van der Waals surface area contributed by atoms with Crippen molar-refractivity contribution < 1.29 is 0 Å². The molecule has 0 aromatic rings. The molecular weight excluding hydrogens is 112 g/mol. The van der Waals surface area contributed by atoms with Gasteiger partial charge < -0.3 is 0 Å². The van der Waals surface area contributed by atoms with E-state index in [2.05, 4.69) is 18.0 Å². The van der Waals surface area contributed by atoms with Crippen molar-refractivity contribution in [3.05, 3.63) is 12.2 Å². The Morgan fingerprint density at radius 3 is 2.78 bits per heavy atom. The van der Waals surface area contributed by atoms with Gasteiger partial charge >= 0.3 is 0 Å². The highest BCUT2D eigenvalue weighted by Crippen LogP contribution is 1.81. The Labute approximate surface area is 55.8 Å². The van der Waals surface area contributed by atoms with Gasteiger partial charge in [-0.1, -0.05) is 19.1 Å². The summed E-state index contributed by atoms with van der Waals surface area (Å²) >= 11 is 0. The van der Waals surface area contributed by atoms with Crippen LogP contribution < -0.4 is 0 Å². The van der Waals surface area contributed by atoms with Crippen LogP contribution in [-0.4, -0.2) is 12.6 Å². The van der Waals surface area contributed by atoms with Gasteiger partial charge in [0.25, 0.3) is 0 Å². The molecule has 0 radical (unpaired) electrons. The van der Waals surface area contributed by atoms with E-state index in [1.54, 1.807) is 6.21 Å². The van der Waals surface area contributed by atoms with Crippen LogP contribution in [-0.2, 0) is 0 Å². The van der Waals surface area contributed by atoms with Crippen molar-refractivity contribution in [2.75, 3.05) is 0 Å². The van der Waals surface area contributed by atoms with Gasteiger partial charge in [0, 0.05) is 12.6 Å². The zero-order chi connectivity index (χ0) is 6.95. The van der Waals surface area contributed by atoms with Crippen LogP contribution in [0.25, 0.3) is 0 Å². The molecule has 0 bridgehead atoms. The number of hydrogen-bond acceptors (Lipinski definition) is 1. The van der Waals surface area contributed by atoms with E-state index >= 15 is 0 Å². The predicted octanol–water partition coefficient (Wildman–Crippen LogP) is 2.02. The molecule has 0 saturated heterocycles. The number of allylic oxidation sites excluding steroid dienone is 2. The first-order chi connectivity index (χ1) is 4.41. The van der Waals surface area contributed by atoms with Crippen molar-refractivity contribution in [1.29, 1.82) is 5.41 Å². The summed E-state index contributed by atoms with van der Waals surface area (Å²) in [7, 11) is 0. The molecule has 0 aromatic heterocycles. The Morgan fingerprint density at radius 1 is 1.44 bits per heavy atom. The minimum atomic E-state index is 0.837. The van der Waals surface area contributed by atoms with Crippen molar-refractivity contribution >= 4 is 12.6 Å². The van der Waals surface area contributed by atoms with Gasteiger partial charge in [0.15, 0.2) is 0 Å². The lowest BCUT2D eigenvalue weighted by Gasteiger charge is -1.77. The Bertz CT molecular complexity index is 114. The summed E-state index contributed by atoms with van der Waals surface area (Å²) in [6.07, 6.45) is 8.77. The van der Waals surface area contributed by atoms with E-state index in [-0.39, 0.29) is 0 Å². The first kappa shape index (κ1) is 8.08. The fraction of sp³-hybridized carbons (Fsp3) is 0.429. The van der Waals surface area contributed by atoms with E-state index in [4.69, 9.17) is 5.41 Å². The van der Waals surface area contributed by atoms with Gasteiger partial charge in [-0.15, -0.1) is 0 Å². The van der Waals surface area contributed by atoms with Gasteiger partial charge in [0.1, 0.15) is 6.34 Å². The summed E-state index contributed by atoms with van der Waals surface area (Å²) in [5, 5.41) is 6.54. The van der Waals surface area contributed by atoms with E-state index in [1.807, 2.05) is 6.08 Å². The van der Waals surface area contributed by atoms with Gasteiger partial charge in [-0.2, -0.15) is 0 Å². The molecule has 0 amide bonds. The number of rotatable bonds is 4. The molecule has 9 heavy (non-hydrogen) atoms. The van der Waals surface area contributed by atoms with Gasteiger partial charge in [0.05, 0.1) is 0 Å². The van der Waals surface area contributed by atoms with Gasteiger partial charge in [0.2, 0.25) is 0 Å². The van der Waals surface area contributed by atoms with Crippen LogP contribution in [0.2, 0.25) is 0 Å². The van der Waals surface area contributed by atoms with Crippen LogP contribution >= 0.6 is 0 Å².